The van der Waals surface area contributed by atoms with Gasteiger partial charge in [0.2, 0.25) is 5.91 Å². The summed E-state index contributed by atoms with van der Waals surface area (Å²) < 4.78 is 29.1. The molecule has 214 valence electrons. The maximum absolute atomic E-state index is 14.9. The Morgan fingerprint density at radius 3 is 2.41 bits per heavy atom. The molecule has 0 radical (unpaired) electrons. The fraction of sp³-hybridized carbons (Fsp3) is 0.500. The lowest BCUT2D eigenvalue weighted by Gasteiger charge is -2.37. The zero-order valence-corrected chi connectivity index (χ0v) is 24.2. The number of carbonyl (C=O) groups is 2. The summed E-state index contributed by atoms with van der Waals surface area (Å²) in [7, 11) is 0. The van der Waals surface area contributed by atoms with Crippen LogP contribution < -0.4 is 10.6 Å². The van der Waals surface area contributed by atoms with Crippen LogP contribution in [0.15, 0.2) is 30.3 Å². The summed E-state index contributed by atoms with van der Waals surface area (Å²) >= 11 is 12.2. The molecule has 5 atom stereocenters. The molecule has 6 nitrogen and oxygen atoms in total. The van der Waals surface area contributed by atoms with Crippen LogP contribution in [-0.2, 0) is 15.0 Å². The number of aliphatic hydroxyl groups excluding tert-OH is 2. The van der Waals surface area contributed by atoms with E-state index < -0.39 is 53.7 Å². The number of nitrogens with one attached hydrogen (secondary N) is 2. The van der Waals surface area contributed by atoms with E-state index in [4.69, 9.17) is 28.3 Å². The number of hydrogen-bond donors (Lipinski definition) is 4. The van der Waals surface area contributed by atoms with E-state index in [-0.39, 0.29) is 46.5 Å². The summed E-state index contributed by atoms with van der Waals surface area (Å²) in [5.74, 6) is -2.81. The first kappa shape index (κ1) is 31.7. The number of rotatable bonds is 8. The number of anilines is 1. The highest BCUT2D eigenvalue weighted by atomic mass is 35.5. The van der Waals surface area contributed by atoms with Crippen LogP contribution in [0.1, 0.15) is 63.5 Å². The lowest BCUT2D eigenvalue weighted by atomic mass is 9.62. The highest BCUT2D eigenvalue weighted by molar-refractivity contribution is 6.31. The minimum atomic E-state index is -1.42. The highest BCUT2D eigenvalue weighted by Gasteiger charge is 2.65. The van der Waals surface area contributed by atoms with Gasteiger partial charge in [-0.25, -0.2) is 8.78 Å². The van der Waals surface area contributed by atoms with Crippen molar-refractivity contribution in [2.24, 2.45) is 5.41 Å². The summed E-state index contributed by atoms with van der Waals surface area (Å²) in [4.78, 5) is 27.7. The third-order valence-corrected chi connectivity index (χ3v) is 8.10. The van der Waals surface area contributed by atoms with Crippen molar-refractivity contribution in [2.45, 2.75) is 76.0 Å². The van der Waals surface area contributed by atoms with Gasteiger partial charge in [-0.3, -0.25) is 9.59 Å². The van der Waals surface area contributed by atoms with Crippen molar-refractivity contribution in [3.8, 4) is 0 Å². The van der Waals surface area contributed by atoms with E-state index in [9.17, 15) is 23.5 Å². The van der Waals surface area contributed by atoms with Gasteiger partial charge in [-0.1, -0.05) is 50.0 Å². The highest BCUT2D eigenvalue weighted by Crippen LogP contribution is 2.57. The monoisotopic (exact) mass is 604 g/mol. The lowest BCUT2D eigenvalue weighted by molar-refractivity contribution is -0.122. The molecule has 1 saturated heterocycles. The molecule has 0 aromatic heterocycles. The minimum Gasteiger partial charge on any atom is -0.394 e. The van der Waals surface area contributed by atoms with Crippen LogP contribution in [0.5, 0.6) is 0 Å². The van der Waals surface area contributed by atoms with E-state index in [1.807, 2.05) is 20.8 Å². The van der Waals surface area contributed by atoms with E-state index in [2.05, 4.69) is 10.6 Å². The van der Waals surface area contributed by atoms with E-state index >= 15 is 0 Å². The largest absolute Gasteiger partial charge is 0.394 e. The van der Waals surface area contributed by atoms with Crippen molar-refractivity contribution >= 4 is 53.0 Å². The van der Waals surface area contributed by atoms with Crippen molar-refractivity contribution in [1.29, 1.82) is 0 Å². The molecule has 0 bridgehead atoms. The second-order valence-corrected chi connectivity index (χ2v) is 12.3. The molecule has 0 unspecified atom stereocenters. The number of fused-ring (bicyclic) bond motifs is 2. The lowest BCUT2D eigenvalue weighted by Crippen LogP contribution is -2.49. The van der Waals surface area contributed by atoms with Gasteiger partial charge in [0.1, 0.15) is 22.8 Å². The third kappa shape index (κ3) is 5.97. The molecule has 4 rings (SSSR count). The summed E-state index contributed by atoms with van der Waals surface area (Å²) in [5.41, 5.74) is -0.498. The number of Topliss-reactive ketones (excluding diaryl/α,β-unsaturated/α-hetero) is 1. The van der Waals surface area contributed by atoms with Crippen molar-refractivity contribution in [2.75, 3.05) is 11.9 Å². The van der Waals surface area contributed by atoms with E-state index in [1.54, 1.807) is 0 Å². The Morgan fingerprint density at radius 2 is 1.79 bits per heavy atom. The van der Waals surface area contributed by atoms with Gasteiger partial charge in [0.25, 0.3) is 0 Å². The Balaban J connectivity index is 0.00000420. The number of hydrogen-bond acceptors (Lipinski definition) is 5. The Kier molecular flexibility index (Phi) is 9.73. The van der Waals surface area contributed by atoms with Crippen LogP contribution in [-0.4, -0.2) is 46.7 Å². The molecular formula is C28H33Cl3F2N2O4. The maximum atomic E-state index is 14.9. The summed E-state index contributed by atoms with van der Waals surface area (Å²) in [6.07, 6.45) is 0.140. The fourth-order valence-electron chi connectivity index (χ4n) is 5.95. The van der Waals surface area contributed by atoms with Crippen LogP contribution in [0, 0.1) is 17.0 Å². The first-order chi connectivity index (χ1) is 17.8. The Labute approximate surface area is 242 Å². The first-order valence-electron chi connectivity index (χ1n) is 12.6. The average molecular weight is 606 g/mol. The van der Waals surface area contributed by atoms with Gasteiger partial charge >= 0.3 is 0 Å². The van der Waals surface area contributed by atoms with Gasteiger partial charge in [-0.2, -0.15) is 0 Å². The van der Waals surface area contributed by atoms with Crippen LogP contribution in [0.25, 0.3) is 0 Å². The van der Waals surface area contributed by atoms with Crippen LogP contribution >= 0.6 is 35.6 Å². The second-order valence-electron chi connectivity index (χ2n) is 11.4. The number of halogens is 5. The number of amides is 1. The normalized spacial score (nSPS) is 24.8. The van der Waals surface area contributed by atoms with Crippen molar-refractivity contribution in [3.63, 3.8) is 0 Å². The van der Waals surface area contributed by atoms with Gasteiger partial charge in [0.05, 0.1) is 28.8 Å². The van der Waals surface area contributed by atoms with Gasteiger partial charge in [0, 0.05) is 24.1 Å². The number of ketones is 1. The van der Waals surface area contributed by atoms with E-state index in [0.717, 1.165) is 0 Å². The van der Waals surface area contributed by atoms with Gasteiger partial charge in [-0.05, 0) is 60.1 Å². The summed E-state index contributed by atoms with van der Waals surface area (Å²) in [6.45, 7) is 5.61. The Hall–Kier alpha value is -1.81. The molecule has 11 heteroatoms. The number of aliphatic hydroxyl groups is 2. The van der Waals surface area contributed by atoms with Crippen LogP contribution in [0.4, 0.5) is 14.5 Å². The van der Waals surface area contributed by atoms with E-state index in [0.29, 0.717) is 29.7 Å². The van der Waals surface area contributed by atoms with Gasteiger partial charge in [0.15, 0.2) is 0 Å². The topological polar surface area (TPSA) is 98.7 Å². The SMILES string of the molecule is CC(C)(C)C[C@H]1N[C@@H](C(=O)CCC[C@H](O)CO)[C@H](c2ccc(F)c(Cl)c2)[C@@]12C(=O)Nc1cc(Cl)c(F)cc12.Cl. The summed E-state index contributed by atoms with van der Waals surface area (Å²) in [5, 5.41) is 24.8. The second kappa shape index (κ2) is 12.0. The molecule has 0 saturated carbocycles. The van der Waals surface area contributed by atoms with Crippen molar-refractivity contribution in [3.05, 3.63) is 63.1 Å². The molecule has 39 heavy (non-hydrogen) atoms. The standard InChI is InChI=1S/C28H32Cl2F2N2O4.ClH/c1-27(2,3)12-23-28(16-10-20(32)18(30)11-21(16)33-26(28)38)24(14-7-8-19(31)17(29)9-14)25(34-23)22(37)6-4-5-15(36)13-35;/h7-11,15,23-25,34-36H,4-6,12-13H2,1-3H3,(H,33,38);1H/t15-,23+,24-,25-,28-;/m0./s1. The van der Waals surface area contributed by atoms with E-state index in [1.165, 1.54) is 30.3 Å². The minimum absolute atomic E-state index is 0. The predicted molar refractivity (Wildman–Crippen MR) is 150 cm³/mol. The zero-order valence-electron chi connectivity index (χ0n) is 21.9. The quantitative estimate of drug-likeness (QED) is 0.317. The Morgan fingerprint density at radius 1 is 1.13 bits per heavy atom. The molecule has 2 heterocycles. The molecule has 0 aliphatic carbocycles. The smallest absolute Gasteiger partial charge is 0.237 e. The van der Waals surface area contributed by atoms with Crippen LogP contribution in [0.3, 0.4) is 0 Å². The first-order valence-corrected chi connectivity index (χ1v) is 13.4. The molecule has 4 N–H and O–H groups in total. The van der Waals surface area contributed by atoms with Crippen molar-refractivity contribution in [1.82, 2.24) is 5.32 Å². The number of carbonyl (C=O) groups excluding carboxylic acids is 2. The fourth-order valence-corrected chi connectivity index (χ4v) is 6.30. The van der Waals surface area contributed by atoms with Crippen LogP contribution in [0.2, 0.25) is 10.0 Å². The molecule has 1 amide bonds. The zero-order chi connectivity index (χ0) is 28.0. The predicted octanol–water partition coefficient (Wildman–Crippen LogP) is 5.54. The van der Waals surface area contributed by atoms with Gasteiger partial charge in [-0.15, -0.1) is 12.4 Å². The summed E-state index contributed by atoms with van der Waals surface area (Å²) in [6, 6.07) is 5.25. The molecule has 1 fully saturated rings. The average Bonchev–Trinajstić information content (AvgIpc) is 3.30. The molecular weight excluding hydrogens is 573 g/mol. The maximum Gasteiger partial charge on any atom is 0.237 e. The molecule has 2 aromatic rings. The van der Waals surface area contributed by atoms with Crippen molar-refractivity contribution < 1.29 is 28.6 Å². The molecule has 2 aromatic carbocycles. The van der Waals surface area contributed by atoms with Gasteiger partial charge < -0.3 is 20.8 Å². The third-order valence-electron chi connectivity index (χ3n) is 7.52. The number of benzene rings is 2. The molecule has 2 aliphatic heterocycles. The Bertz CT molecular complexity index is 1260. The molecule has 2 aliphatic rings. The molecule has 1 spiro atoms.